The zero-order valence-electron chi connectivity index (χ0n) is 9.49. The van der Waals surface area contributed by atoms with Gasteiger partial charge in [0.2, 0.25) is 0 Å². The number of rotatable bonds is 2. The fourth-order valence-electron chi connectivity index (χ4n) is 1.85. The van der Waals surface area contributed by atoms with Crippen LogP contribution in [0.15, 0.2) is 23.0 Å². The minimum Gasteiger partial charge on any atom is -0.497 e. The molecule has 1 aromatic carbocycles. The summed E-state index contributed by atoms with van der Waals surface area (Å²) < 4.78 is 5.08. The van der Waals surface area contributed by atoms with Crippen LogP contribution in [0, 0.1) is 0 Å². The van der Waals surface area contributed by atoms with E-state index in [9.17, 15) is 4.79 Å². The Hall–Kier alpha value is -1.88. The van der Waals surface area contributed by atoms with Crippen LogP contribution in [0.4, 0.5) is 0 Å². The fraction of sp³-hybridized carbons (Fsp3) is 0.333. The van der Waals surface area contributed by atoms with Crippen molar-refractivity contribution in [3.8, 4) is 5.75 Å². The van der Waals surface area contributed by atoms with Crippen LogP contribution in [0.3, 0.4) is 0 Å². The Morgan fingerprint density at radius 1 is 1.47 bits per heavy atom. The first-order valence-corrected chi connectivity index (χ1v) is 5.50. The minimum atomic E-state index is -0.423. The zero-order chi connectivity index (χ0) is 12.0. The molecule has 0 radical (unpaired) electrons. The molecule has 1 aliphatic carbocycles. The zero-order valence-corrected chi connectivity index (χ0v) is 9.49. The number of hydrogen-bond acceptors (Lipinski definition) is 4. The fourth-order valence-corrected chi connectivity index (χ4v) is 1.85. The number of fused-ring (bicyclic) bond motifs is 1. The van der Waals surface area contributed by atoms with E-state index < -0.39 is 5.54 Å². The van der Waals surface area contributed by atoms with Gasteiger partial charge in [-0.3, -0.25) is 4.79 Å². The van der Waals surface area contributed by atoms with Crippen LogP contribution in [-0.2, 0) is 5.54 Å². The molecule has 3 rings (SSSR count). The lowest BCUT2D eigenvalue weighted by Crippen LogP contribution is -2.26. The SMILES string of the molecule is COc1ccc2nc(C3(N)CC3)[nH]c(=O)c2c1. The predicted molar refractivity (Wildman–Crippen MR) is 64.0 cm³/mol. The van der Waals surface area contributed by atoms with Gasteiger partial charge in [0.15, 0.2) is 0 Å². The van der Waals surface area contributed by atoms with Crippen molar-refractivity contribution < 1.29 is 4.74 Å². The Labute approximate surface area is 97.6 Å². The second-order valence-electron chi connectivity index (χ2n) is 4.45. The summed E-state index contributed by atoms with van der Waals surface area (Å²) in [6.07, 6.45) is 1.75. The molecule has 1 heterocycles. The molecule has 17 heavy (non-hydrogen) atoms. The predicted octanol–water partition coefficient (Wildman–Crippen LogP) is 0.880. The van der Waals surface area contributed by atoms with Gasteiger partial charge >= 0.3 is 0 Å². The summed E-state index contributed by atoms with van der Waals surface area (Å²) in [6.45, 7) is 0. The molecule has 0 aliphatic heterocycles. The summed E-state index contributed by atoms with van der Waals surface area (Å²) in [5, 5.41) is 0.525. The maximum absolute atomic E-state index is 11.9. The summed E-state index contributed by atoms with van der Waals surface area (Å²) in [5.74, 6) is 1.23. The van der Waals surface area contributed by atoms with E-state index in [4.69, 9.17) is 10.5 Å². The molecule has 1 fully saturated rings. The van der Waals surface area contributed by atoms with Crippen molar-refractivity contribution in [2.24, 2.45) is 5.73 Å². The number of methoxy groups -OCH3 is 1. The second kappa shape index (κ2) is 3.30. The summed E-state index contributed by atoms with van der Waals surface area (Å²) in [6, 6.07) is 5.24. The molecule has 0 atom stereocenters. The standard InChI is InChI=1S/C12H13N3O2/c1-17-7-2-3-9-8(6-7)10(16)15-11(14-9)12(13)4-5-12/h2-3,6H,4-5,13H2,1H3,(H,14,15,16). The second-order valence-corrected chi connectivity index (χ2v) is 4.45. The summed E-state index contributed by atoms with van der Waals surface area (Å²) >= 11 is 0. The number of aromatic amines is 1. The molecule has 5 heteroatoms. The number of hydrogen-bond donors (Lipinski definition) is 2. The number of nitrogens with one attached hydrogen (secondary N) is 1. The van der Waals surface area contributed by atoms with Crippen molar-refractivity contribution in [2.75, 3.05) is 7.11 Å². The third-order valence-corrected chi connectivity index (χ3v) is 3.17. The van der Waals surface area contributed by atoms with Crippen LogP contribution in [-0.4, -0.2) is 17.1 Å². The van der Waals surface area contributed by atoms with Crippen LogP contribution in [0.25, 0.3) is 10.9 Å². The van der Waals surface area contributed by atoms with E-state index in [1.807, 2.05) is 0 Å². The van der Waals surface area contributed by atoms with Gasteiger partial charge in [-0.05, 0) is 31.0 Å². The molecule has 3 N–H and O–H groups in total. The summed E-state index contributed by atoms with van der Waals surface area (Å²) in [5.41, 5.74) is 6.09. The molecule has 0 spiro atoms. The maximum Gasteiger partial charge on any atom is 0.258 e. The summed E-state index contributed by atoms with van der Waals surface area (Å²) in [7, 11) is 1.57. The van der Waals surface area contributed by atoms with E-state index in [1.54, 1.807) is 25.3 Å². The first-order valence-electron chi connectivity index (χ1n) is 5.50. The van der Waals surface area contributed by atoms with Crippen LogP contribution in [0.5, 0.6) is 5.75 Å². The number of benzene rings is 1. The molecule has 0 amide bonds. The smallest absolute Gasteiger partial charge is 0.258 e. The van der Waals surface area contributed by atoms with E-state index in [0.29, 0.717) is 22.5 Å². The lowest BCUT2D eigenvalue weighted by atomic mass is 10.2. The van der Waals surface area contributed by atoms with Gasteiger partial charge in [0.25, 0.3) is 5.56 Å². The van der Waals surface area contributed by atoms with E-state index in [0.717, 1.165) is 12.8 Å². The lowest BCUT2D eigenvalue weighted by molar-refractivity contribution is 0.415. The molecule has 1 saturated carbocycles. The number of aromatic nitrogens is 2. The highest BCUT2D eigenvalue weighted by Gasteiger charge is 2.42. The number of H-pyrrole nitrogens is 1. The highest BCUT2D eigenvalue weighted by molar-refractivity contribution is 5.79. The van der Waals surface area contributed by atoms with Gasteiger partial charge in [0, 0.05) is 0 Å². The van der Waals surface area contributed by atoms with Crippen molar-refractivity contribution in [3.05, 3.63) is 34.4 Å². The molecule has 2 aromatic rings. The highest BCUT2D eigenvalue weighted by Crippen LogP contribution is 2.40. The molecule has 1 aliphatic rings. The van der Waals surface area contributed by atoms with E-state index in [-0.39, 0.29) is 5.56 Å². The highest BCUT2D eigenvalue weighted by atomic mass is 16.5. The Morgan fingerprint density at radius 2 is 2.24 bits per heavy atom. The molecule has 0 unspecified atom stereocenters. The van der Waals surface area contributed by atoms with Gasteiger partial charge in [-0.1, -0.05) is 0 Å². The monoisotopic (exact) mass is 231 g/mol. The third-order valence-electron chi connectivity index (χ3n) is 3.17. The molecule has 1 aromatic heterocycles. The van der Waals surface area contributed by atoms with Crippen molar-refractivity contribution in [1.82, 2.24) is 9.97 Å². The minimum absolute atomic E-state index is 0.166. The van der Waals surface area contributed by atoms with Gasteiger partial charge in [0.05, 0.1) is 23.6 Å². The van der Waals surface area contributed by atoms with Gasteiger partial charge < -0.3 is 15.5 Å². The van der Waals surface area contributed by atoms with E-state index >= 15 is 0 Å². The Bertz CT molecular complexity index is 644. The van der Waals surface area contributed by atoms with Crippen molar-refractivity contribution in [1.29, 1.82) is 0 Å². The molecule has 88 valence electrons. The van der Waals surface area contributed by atoms with E-state index in [2.05, 4.69) is 9.97 Å². The average molecular weight is 231 g/mol. The first kappa shape index (κ1) is 10.3. The van der Waals surface area contributed by atoms with E-state index in [1.165, 1.54) is 0 Å². The Balaban J connectivity index is 2.24. The average Bonchev–Trinajstić information content (AvgIpc) is 3.08. The quantitative estimate of drug-likeness (QED) is 0.803. The molecular formula is C12H13N3O2. The number of nitrogens with zero attached hydrogens (tertiary/aromatic N) is 1. The van der Waals surface area contributed by atoms with Gasteiger partial charge in [-0.25, -0.2) is 4.98 Å². The molecule has 0 saturated heterocycles. The number of ether oxygens (including phenoxy) is 1. The van der Waals surface area contributed by atoms with Gasteiger partial charge in [-0.15, -0.1) is 0 Å². The van der Waals surface area contributed by atoms with Crippen LogP contribution in [0.2, 0.25) is 0 Å². The Kier molecular flexibility index (Phi) is 2.00. The first-order chi connectivity index (χ1) is 8.12. The van der Waals surface area contributed by atoms with Crippen LogP contribution in [0.1, 0.15) is 18.7 Å². The van der Waals surface area contributed by atoms with Crippen molar-refractivity contribution in [2.45, 2.75) is 18.4 Å². The third kappa shape index (κ3) is 1.59. The molecule has 5 nitrogen and oxygen atoms in total. The van der Waals surface area contributed by atoms with Gasteiger partial charge in [0.1, 0.15) is 11.6 Å². The number of nitrogens with two attached hydrogens (primary N) is 1. The van der Waals surface area contributed by atoms with Gasteiger partial charge in [-0.2, -0.15) is 0 Å². The van der Waals surface area contributed by atoms with Crippen LogP contribution < -0.4 is 16.0 Å². The molecule has 0 bridgehead atoms. The van der Waals surface area contributed by atoms with Crippen molar-refractivity contribution >= 4 is 10.9 Å². The largest absolute Gasteiger partial charge is 0.497 e. The Morgan fingerprint density at radius 3 is 2.88 bits per heavy atom. The van der Waals surface area contributed by atoms with Crippen LogP contribution >= 0.6 is 0 Å². The lowest BCUT2D eigenvalue weighted by Gasteiger charge is -2.09. The molecular weight excluding hydrogens is 218 g/mol. The summed E-state index contributed by atoms with van der Waals surface area (Å²) in [4.78, 5) is 19.1. The normalized spacial score (nSPS) is 17.1. The van der Waals surface area contributed by atoms with Crippen molar-refractivity contribution in [3.63, 3.8) is 0 Å². The maximum atomic E-state index is 11.9. The topological polar surface area (TPSA) is 81.0 Å².